The third-order valence-electron chi connectivity index (χ3n) is 3.60. The number of hydrogen-bond donors (Lipinski definition) is 1. The maximum Gasteiger partial charge on any atom is 0.312 e. The summed E-state index contributed by atoms with van der Waals surface area (Å²) in [6.45, 7) is 0.666. The van der Waals surface area contributed by atoms with Crippen molar-refractivity contribution in [3.63, 3.8) is 0 Å². The van der Waals surface area contributed by atoms with Gasteiger partial charge in [-0.1, -0.05) is 0 Å². The molecule has 0 aliphatic carbocycles. The molecule has 8 heteroatoms. The van der Waals surface area contributed by atoms with Gasteiger partial charge < -0.3 is 10.0 Å². The zero-order chi connectivity index (χ0) is 15.4. The molecule has 1 aromatic heterocycles. The second-order valence-electron chi connectivity index (χ2n) is 5.03. The van der Waals surface area contributed by atoms with Crippen LogP contribution in [-0.2, 0) is 4.79 Å². The van der Waals surface area contributed by atoms with Crippen molar-refractivity contribution in [2.24, 2.45) is 0 Å². The number of aliphatic carboxylic acids is 1. The second-order valence-corrected chi connectivity index (χ2v) is 5.94. The van der Waals surface area contributed by atoms with Crippen molar-refractivity contribution < 1.29 is 14.8 Å². The number of carboxylic acid groups (broad SMARTS) is 1. The Labute approximate surface area is 130 Å². The van der Waals surface area contributed by atoms with E-state index in [1.807, 2.05) is 4.90 Å². The molecule has 0 bridgehead atoms. The first-order chi connectivity index (χ1) is 9.99. The van der Waals surface area contributed by atoms with E-state index in [1.165, 1.54) is 12.3 Å². The molecule has 7 nitrogen and oxygen atoms in total. The Morgan fingerprint density at radius 1 is 1.57 bits per heavy atom. The Balaban J connectivity index is 2.28. The highest BCUT2D eigenvalue weighted by molar-refractivity contribution is 9.10. The molecule has 2 rings (SSSR count). The molecule has 21 heavy (non-hydrogen) atoms. The summed E-state index contributed by atoms with van der Waals surface area (Å²) in [6, 6.07) is 1.42. The van der Waals surface area contributed by atoms with Gasteiger partial charge in [0.2, 0.25) is 5.82 Å². The van der Waals surface area contributed by atoms with Crippen LogP contribution in [0.4, 0.5) is 11.5 Å². The molecule has 1 aliphatic rings. The van der Waals surface area contributed by atoms with Gasteiger partial charge in [-0.05, 0) is 41.6 Å². The van der Waals surface area contributed by atoms with Gasteiger partial charge in [0.15, 0.2) is 0 Å². The standard InChI is InChI=1S/C13H16BrN3O4/c14-9-7-11(17(20)21)13(15-8-9)16-6-2-1-3-10(16)4-5-12(18)19/h7-8,10H,1-6H2,(H,18,19). The summed E-state index contributed by atoms with van der Waals surface area (Å²) in [5, 5.41) is 20.0. The Hall–Kier alpha value is -1.70. The summed E-state index contributed by atoms with van der Waals surface area (Å²) < 4.78 is 0.553. The number of anilines is 1. The summed E-state index contributed by atoms with van der Waals surface area (Å²) in [7, 11) is 0. The molecule has 2 heterocycles. The number of nitrogens with zero attached hydrogens (tertiary/aromatic N) is 3. The largest absolute Gasteiger partial charge is 0.481 e. The molecule has 1 saturated heterocycles. The molecule has 0 spiro atoms. The predicted octanol–water partition coefficient (Wildman–Crippen LogP) is 2.98. The lowest BCUT2D eigenvalue weighted by Gasteiger charge is -2.36. The van der Waals surface area contributed by atoms with E-state index in [-0.39, 0.29) is 18.2 Å². The summed E-state index contributed by atoms with van der Waals surface area (Å²) >= 11 is 3.19. The number of hydrogen-bond acceptors (Lipinski definition) is 5. The first kappa shape index (κ1) is 15.7. The molecule has 0 radical (unpaired) electrons. The number of carbonyl (C=O) groups is 1. The lowest BCUT2D eigenvalue weighted by molar-refractivity contribution is -0.384. The van der Waals surface area contributed by atoms with Crippen molar-refractivity contribution in [2.45, 2.75) is 38.1 Å². The summed E-state index contributed by atoms with van der Waals surface area (Å²) in [5.41, 5.74) is -0.0494. The monoisotopic (exact) mass is 357 g/mol. The van der Waals surface area contributed by atoms with E-state index >= 15 is 0 Å². The van der Waals surface area contributed by atoms with Gasteiger partial charge in [-0.15, -0.1) is 0 Å². The molecule has 1 fully saturated rings. The topological polar surface area (TPSA) is 96.6 Å². The average molecular weight is 358 g/mol. The Morgan fingerprint density at radius 3 is 3.00 bits per heavy atom. The van der Waals surface area contributed by atoms with E-state index in [9.17, 15) is 14.9 Å². The lowest BCUT2D eigenvalue weighted by Crippen LogP contribution is -2.40. The Bertz CT molecular complexity index is 552. The van der Waals surface area contributed by atoms with E-state index in [4.69, 9.17) is 5.11 Å². The van der Waals surface area contributed by atoms with Gasteiger partial charge in [-0.2, -0.15) is 0 Å². The minimum absolute atomic E-state index is 0.0118. The van der Waals surface area contributed by atoms with Crippen LogP contribution in [-0.4, -0.2) is 33.6 Å². The third kappa shape index (κ3) is 3.90. The zero-order valence-corrected chi connectivity index (χ0v) is 13.0. The van der Waals surface area contributed by atoms with Crippen molar-refractivity contribution in [1.29, 1.82) is 0 Å². The van der Waals surface area contributed by atoms with Crippen LogP contribution in [0.2, 0.25) is 0 Å². The molecule has 0 saturated carbocycles. The number of rotatable bonds is 5. The minimum atomic E-state index is -0.848. The molecule has 0 amide bonds. The maximum atomic E-state index is 11.2. The van der Waals surface area contributed by atoms with Crippen molar-refractivity contribution >= 4 is 33.4 Å². The first-order valence-electron chi connectivity index (χ1n) is 6.77. The molecule has 0 aromatic carbocycles. The van der Waals surface area contributed by atoms with Crippen molar-refractivity contribution in [3.05, 3.63) is 26.9 Å². The van der Waals surface area contributed by atoms with Gasteiger partial charge in [-0.3, -0.25) is 14.9 Å². The molecule has 1 atom stereocenters. The van der Waals surface area contributed by atoms with Crippen LogP contribution in [0.5, 0.6) is 0 Å². The van der Waals surface area contributed by atoms with Crippen LogP contribution in [0, 0.1) is 10.1 Å². The normalized spacial score (nSPS) is 18.5. The molecule has 1 aliphatic heterocycles. The van der Waals surface area contributed by atoms with Crippen LogP contribution in [0.3, 0.4) is 0 Å². The Kier molecular flexibility index (Phi) is 5.11. The van der Waals surface area contributed by atoms with Gasteiger partial charge in [0.1, 0.15) is 0 Å². The number of aromatic nitrogens is 1. The van der Waals surface area contributed by atoms with E-state index < -0.39 is 10.9 Å². The molecule has 1 N–H and O–H groups in total. The van der Waals surface area contributed by atoms with Crippen molar-refractivity contribution in [3.8, 4) is 0 Å². The van der Waals surface area contributed by atoms with Crippen LogP contribution in [0.15, 0.2) is 16.7 Å². The third-order valence-corrected chi connectivity index (χ3v) is 4.03. The second kappa shape index (κ2) is 6.84. The fourth-order valence-electron chi connectivity index (χ4n) is 2.65. The quantitative estimate of drug-likeness (QED) is 0.642. The fourth-order valence-corrected chi connectivity index (χ4v) is 2.97. The smallest absolute Gasteiger partial charge is 0.312 e. The zero-order valence-electron chi connectivity index (χ0n) is 11.4. The average Bonchev–Trinajstić information content (AvgIpc) is 2.45. The number of halogens is 1. The van der Waals surface area contributed by atoms with E-state index in [0.717, 1.165) is 19.3 Å². The lowest BCUT2D eigenvalue weighted by atomic mass is 9.97. The minimum Gasteiger partial charge on any atom is -0.481 e. The summed E-state index contributed by atoms with van der Waals surface area (Å²) in [5.74, 6) is -0.517. The van der Waals surface area contributed by atoms with Crippen molar-refractivity contribution in [2.75, 3.05) is 11.4 Å². The molecule has 114 valence electrons. The van der Waals surface area contributed by atoms with Crippen LogP contribution in [0.1, 0.15) is 32.1 Å². The van der Waals surface area contributed by atoms with Crippen LogP contribution in [0.25, 0.3) is 0 Å². The predicted molar refractivity (Wildman–Crippen MR) is 80.4 cm³/mol. The summed E-state index contributed by atoms with van der Waals surface area (Å²) in [6.07, 6.45) is 4.84. The van der Waals surface area contributed by atoms with Crippen molar-refractivity contribution in [1.82, 2.24) is 4.98 Å². The number of pyridine rings is 1. The highest BCUT2D eigenvalue weighted by Crippen LogP contribution is 2.33. The van der Waals surface area contributed by atoms with Gasteiger partial charge in [-0.25, -0.2) is 4.98 Å². The molecular formula is C13H16BrN3O4. The molecule has 1 unspecified atom stereocenters. The van der Waals surface area contributed by atoms with Gasteiger partial charge >= 0.3 is 11.7 Å². The Morgan fingerprint density at radius 2 is 2.33 bits per heavy atom. The fraction of sp³-hybridized carbons (Fsp3) is 0.538. The van der Waals surface area contributed by atoms with E-state index in [2.05, 4.69) is 20.9 Å². The summed E-state index contributed by atoms with van der Waals surface area (Å²) in [4.78, 5) is 27.6. The van der Waals surface area contributed by atoms with Gasteiger partial charge in [0.05, 0.1) is 4.92 Å². The molecule has 1 aromatic rings. The van der Waals surface area contributed by atoms with Crippen LogP contribution >= 0.6 is 15.9 Å². The van der Waals surface area contributed by atoms with Gasteiger partial charge in [0, 0.05) is 35.7 Å². The number of nitro groups is 1. The number of carboxylic acids is 1. The SMILES string of the molecule is O=C(O)CCC1CCCCN1c1ncc(Br)cc1[N+](=O)[O-]. The van der Waals surface area contributed by atoms with Gasteiger partial charge in [0.25, 0.3) is 0 Å². The van der Waals surface area contributed by atoms with E-state index in [1.54, 1.807) is 0 Å². The highest BCUT2D eigenvalue weighted by atomic mass is 79.9. The van der Waals surface area contributed by atoms with Crippen LogP contribution < -0.4 is 4.90 Å². The number of piperidine rings is 1. The highest BCUT2D eigenvalue weighted by Gasteiger charge is 2.29. The maximum absolute atomic E-state index is 11.2. The van der Waals surface area contributed by atoms with E-state index in [0.29, 0.717) is 23.3 Å². The molecular weight excluding hydrogens is 342 g/mol. The first-order valence-corrected chi connectivity index (χ1v) is 7.56.